The fourth-order valence-electron chi connectivity index (χ4n) is 10.7. The largest absolute Gasteiger partial charge is 0.456 e. The van der Waals surface area contributed by atoms with E-state index in [2.05, 4.69) is 219 Å². The second-order valence-corrected chi connectivity index (χ2v) is 23.2. The van der Waals surface area contributed by atoms with Crippen molar-refractivity contribution in [3.05, 3.63) is 162 Å². The third kappa shape index (κ3) is 6.26. The summed E-state index contributed by atoms with van der Waals surface area (Å²) in [7, 11) is 2.41. The van der Waals surface area contributed by atoms with E-state index >= 15 is 0 Å². The number of rotatable bonds is 4. The molecular weight excluding hydrogens is 848 g/mol. The molecule has 0 spiro atoms. The van der Waals surface area contributed by atoms with Gasteiger partial charge in [-0.05, 0) is 111 Å². The van der Waals surface area contributed by atoms with Crippen LogP contribution in [0.25, 0.3) is 103 Å². The molecule has 1 radical (unpaired) electrons. The highest BCUT2D eigenvalue weighted by molar-refractivity contribution is 7.25. The van der Waals surface area contributed by atoms with Crippen molar-refractivity contribution < 1.29 is 8.83 Å². The summed E-state index contributed by atoms with van der Waals surface area (Å²) in [6, 6.07) is 53.7. The molecule has 331 valence electrons. The van der Waals surface area contributed by atoms with E-state index in [0.717, 1.165) is 83.3 Å². The van der Waals surface area contributed by atoms with Gasteiger partial charge in [0.25, 0.3) is 0 Å². The van der Waals surface area contributed by atoms with Gasteiger partial charge in [-0.2, -0.15) is 0 Å². The van der Waals surface area contributed by atoms with Crippen LogP contribution in [-0.4, -0.2) is 11.8 Å². The third-order valence-electron chi connectivity index (χ3n) is 14.5. The summed E-state index contributed by atoms with van der Waals surface area (Å²) in [5, 5.41) is 12.3. The molecule has 0 atom stereocenters. The molecule has 1 N–H and O–H groups in total. The van der Waals surface area contributed by atoms with Crippen LogP contribution < -0.4 is 16.2 Å². The van der Waals surface area contributed by atoms with E-state index in [4.69, 9.17) is 8.83 Å². The third-order valence-corrected chi connectivity index (χ3v) is 15.6. The first-order valence-electron chi connectivity index (χ1n) is 23.9. The zero-order chi connectivity index (χ0) is 46.6. The minimum absolute atomic E-state index is 0.00549. The van der Waals surface area contributed by atoms with E-state index in [0.29, 0.717) is 0 Å². The maximum Gasteiger partial charge on any atom is 0.198 e. The predicted molar refractivity (Wildman–Crippen MR) is 292 cm³/mol. The van der Waals surface area contributed by atoms with Crippen LogP contribution in [0.5, 0.6) is 0 Å². The number of aromatic nitrogens is 1. The molecule has 4 nitrogen and oxygen atoms in total. The van der Waals surface area contributed by atoms with Crippen molar-refractivity contribution in [2.45, 2.75) is 78.6 Å². The van der Waals surface area contributed by atoms with Gasteiger partial charge in [-0.1, -0.05) is 141 Å². The highest BCUT2D eigenvalue weighted by atomic mass is 32.1. The maximum absolute atomic E-state index is 7.31. The molecule has 13 rings (SSSR count). The quantitative estimate of drug-likeness (QED) is 0.179. The molecule has 1 aliphatic rings. The minimum Gasteiger partial charge on any atom is -0.456 e. The van der Waals surface area contributed by atoms with Crippen molar-refractivity contribution in [2.75, 3.05) is 5.32 Å². The van der Waals surface area contributed by atoms with Crippen molar-refractivity contribution in [1.82, 2.24) is 4.57 Å². The zero-order valence-electron chi connectivity index (χ0n) is 40.1. The molecule has 12 aromatic rings. The second-order valence-electron chi connectivity index (χ2n) is 22.1. The number of thiophene rings is 1. The van der Waals surface area contributed by atoms with Gasteiger partial charge in [0.2, 0.25) is 0 Å². The average molecular weight is 900 g/mol. The monoisotopic (exact) mass is 899 g/mol. The Bertz CT molecular complexity index is 4070. The molecule has 0 unspecified atom stereocenters. The molecule has 68 heavy (non-hydrogen) atoms. The van der Waals surface area contributed by atoms with Crippen LogP contribution in [0.15, 0.2) is 154 Å². The van der Waals surface area contributed by atoms with Crippen LogP contribution in [0.3, 0.4) is 0 Å². The number of benzene rings is 8. The summed E-state index contributed by atoms with van der Waals surface area (Å²) in [5.41, 5.74) is 17.6. The standard InChI is InChI=1S/C62H52BN2O2S/c1-60(2,3)36-19-23-39(24-20-36)64-46-33-53-42(41-29-38(62(7,8)9)22-26-52(41)68-53)31-43(46)56-57-58-54(55-40-17-13-14-18-49(40)67-59(55)56)44-30-37(61(4,5)6)21-25-47(44)65(58)48-27-35-28-50(34-15-11-10-12-16-34)66-51(35)32-45(48)63-57/h10-33,64H,1-9H3. The molecule has 0 fully saturated rings. The van der Waals surface area contributed by atoms with E-state index in [1.54, 1.807) is 0 Å². The van der Waals surface area contributed by atoms with Gasteiger partial charge in [-0.15, -0.1) is 11.3 Å². The summed E-state index contributed by atoms with van der Waals surface area (Å²) in [5.74, 6) is 0.861. The van der Waals surface area contributed by atoms with E-state index < -0.39 is 0 Å². The summed E-state index contributed by atoms with van der Waals surface area (Å²) in [6.45, 7) is 20.6. The van der Waals surface area contributed by atoms with E-state index in [9.17, 15) is 0 Å². The van der Waals surface area contributed by atoms with Crippen LogP contribution >= 0.6 is 11.3 Å². The van der Waals surface area contributed by atoms with Gasteiger partial charge in [0.15, 0.2) is 7.28 Å². The molecule has 5 heterocycles. The van der Waals surface area contributed by atoms with Gasteiger partial charge in [0.1, 0.15) is 22.5 Å². The van der Waals surface area contributed by atoms with Crippen molar-refractivity contribution in [3.8, 4) is 28.1 Å². The van der Waals surface area contributed by atoms with Gasteiger partial charge in [0, 0.05) is 86.4 Å². The average Bonchev–Trinajstić information content (AvgIpc) is 4.08. The highest BCUT2D eigenvalue weighted by Gasteiger charge is 2.33. The Hall–Kier alpha value is -7.02. The Morgan fingerprint density at radius 2 is 1.22 bits per heavy atom. The van der Waals surface area contributed by atoms with Gasteiger partial charge in [-0.3, -0.25) is 0 Å². The summed E-state index contributed by atoms with van der Waals surface area (Å²) in [4.78, 5) is 0. The number of furan rings is 2. The summed E-state index contributed by atoms with van der Waals surface area (Å²) < 4.78 is 19.1. The zero-order valence-corrected chi connectivity index (χ0v) is 40.9. The van der Waals surface area contributed by atoms with E-state index in [1.165, 1.54) is 58.7 Å². The lowest BCUT2D eigenvalue weighted by molar-refractivity contribution is 0.590. The van der Waals surface area contributed by atoms with Crippen LogP contribution in [0.2, 0.25) is 0 Å². The maximum atomic E-state index is 7.31. The molecule has 0 saturated heterocycles. The number of fused-ring (bicyclic) bond motifs is 13. The molecule has 0 saturated carbocycles. The first-order chi connectivity index (χ1) is 32.6. The Labute approximate surface area is 401 Å². The Morgan fingerprint density at radius 3 is 1.97 bits per heavy atom. The lowest BCUT2D eigenvalue weighted by atomic mass is 9.58. The van der Waals surface area contributed by atoms with Crippen LogP contribution in [0.1, 0.15) is 79.0 Å². The summed E-state index contributed by atoms with van der Waals surface area (Å²) >= 11 is 1.86. The Morgan fingerprint density at radius 1 is 0.544 bits per heavy atom. The van der Waals surface area contributed by atoms with Crippen LogP contribution in [-0.2, 0) is 16.2 Å². The van der Waals surface area contributed by atoms with Crippen LogP contribution in [0, 0.1) is 0 Å². The molecule has 1 aliphatic heterocycles. The van der Waals surface area contributed by atoms with Gasteiger partial charge < -0.3 is 18.7 Å². The normalized spacial score (nSPS) is 13.2. The second kappa shape index (κ2) is 14.3. The number of hydrogen-bond donors (Lipinski definition) is 1. The smallest absolute Gasteiger partial charge is 0.198 e. The van der Waals surface area contributed by atoms with Gasteiger partial charge in [-0.25, -0.2) is 0 Å². The van der Waals surface area contributed by atoms with Crippen LogP contribution in [0.4, 0.5) is 11.4 Å². The molecule has 4 aromatic heterocycles. The van der Waals surface area contributed by atoms with Crippen molar-refractivity contribution in [2.24, 2.45) is 0 Å². The fourth-order valence-corrected chi connectivity index (χ4v) is 11.9. The Balaban J connectivity index is 1.18. The fraction of sp³-hybridized carbons (Fsp3) is 0.194. The first-order valence-corrected chi connectivity index (χ1v) is 24.7. The predicted octanol–water partition coefficient (Wildman–Crippen LogP) is 16.7. The molecule has 0 amide bonds. The number of para-hydroxylation sites is 1. The molecule has 6 heteroatoms. The topological polar surface area (TPSA) is 43.2 Å². The van der Waals surface area contributed by atoms with Crippen molar-refractivity contribution in [3.63, 3.8) is 0 Å². The number of hydrogen-bond acceptors (Lipinski definition) is 4. The summed E-state index contributed by atoms with van der Waals surface area (Å²) in [6.07, 6.45) is 0. The molecule has 0 aliphatic carbocycles. The minimum atomic E-state index is -0.0544. The number of nitrogens with zero attached hydrogens (tertiary/aromatic N) is 1. The van der Waals surface area contributed by atoms with Crippen molar-refractivity contribution in [1.29, 1.82) is 0 Å². The molecular formula is C62H52BN2O2S. The Kier molecular flexibility index (Phi) is 8.64. The SMILES string of the molecule is CC(C)(C)c1ccc(Nc2cc3sc4ccc(C(C)(C)C)cc4c3cc2-c2c3c4c(c5cc(C(C)(C)C)ccc5n4-c4cc5cc(-c6ccccc6)oc5cc4[B]3)c3c2oc2ccccc23)cc1. The first kappa shape index (κ1) is 41.2. The lowest BCUT2D eigenvalue weighted by Gasteiger charge is -2.24. The van der Waals surface area contributed by atoms with Gasteiger partial charge in [0.05, 0.1) is 5.52 Å². The molecule has 8 aromatic carbocycles. The van der Waals surface area contributed by atoms with Crippen molar-refractivity contribution >= 4 is 116 Å². The van der Waals surface area contributed by atoms with E-state index in [1.807, 2.05) is 17.4 Å². The van der Waals surface area contributed by atoms with Gasteiger partial charge >= 0.3 is 0 Å². The highest BCUT2D eigenvalue weighted by Crippen LogP contribution is 2.50. The molecule has 0 bridgehead atoms. The number of nitrogens with one attached hydrogen (secondary N) is 1. The van der Waals surface area contributed by atoms with E-state index in [-0.39, 0.29) is 16.2 Å². The lowest BCUT2D eigenvalue weighted by Crippen LogP contribution is -2.37. The number of anilines is 2.